The van der Waals surface area contributed by atoms with Gasteiger partial charge >= 0.3 is 0 Å². The average Bonchev–Trinajstić information content (AvgIpc) is 2.85. The standard InChI is InChI=1S/C26H24S2/c1-26(2,3)19-14-16-22-23(17-15-19)25(28-21-12-8-5-9-13-21)18-24(22)27-20-10-6-4-7-11-20/h4-18H,1-3H3. The summed E-state index contributed by atoms with van der Waals surface area (Å²) in [7, 11) is 0. The van der Waals surface area contributed by atoms with Crippen LogP contribution in [0.4, 0.5) is 0 Å². The van der Waals surface area contributed by atoms with E-state index < -0.39 is 0 Å². The summed E-state index contributed by atoms with van der Waals surface area (Å²) in [4.78, 5) is 5.17. The van der Waals surface area contributed by atoms with Crippen molar-refractivity contribution in [2.24, 2.45) is 0 Å². The van der Waals surface area contributed by atoms with Crippen LogP contribution in [0.15, 0.2) is 111 Å². The van der Waals surface area contributed by atoms with E-state index in [4.69, 9.17) is 0 Å². The molecule has 0 saturated heterocycles. The van der Waals surface area contributed by atoms with Gasteiger partial charge in [-0.05, 0) is 52.4 Å². The first kappa shape index (κ1) is 19.2. The van der Waals surface area contributed by atoms with Crippen LogP contribution in [0.2, 0.25) is 0 Å². The molecule has 0 amide bonds. The minimum Gasteiger partial charge on any atom is -0.0894 e. The van der Waals surface area contributed by atoms with Gasteiger partial charge in [-0.15, -0.1) is 0 Å². The highest BCUT2D eigenvalue weighted by atomic mass is 32.2. The molecular formula is C26H24S2. The topological polar surface area (TPSA) is 0 Å². The molecule has 0 aromatic heterocycles. The zero-order valence-corrected chi connectivity index (χ0v) is 18.1. The lowest BCUT2D eigenvalue weighted by Crippen LogP contribution is -2.09. The minimum atomic E-state index is 0.135. The molecule has 0 atom stereocenters. The maximum atomic E-state index is 2.34. The van der Waals surface area contributed by atoms with Gasteiger partial charge in [0.05, 0.1) is 0 Å². The lowest BCUT2D eigenvalue weighted by Gasteiger charge is -2.17. The van der Waals surface area contributed by atoms with E-state index in [9.17, 15) is 0 Å². The van der Waals surface area contributed by atoms with Crippen molar-refractivity contribution < 1.29 is 0 Å². The summed E-state index contributed by atoms with van der Waals surface area (Å²) in [6, 6.07) is 32.8. The average molecular weight is 401 g/mol. The molecule has 2 aromatic carbocycles. The summed E-state index contributed by atoms with van der Waals surface area (Å²) >= 11 is 3.69. The Morgan fingerprint density at radius 1 is 0.536 bits per heavy atom. The van der Waals surface area contributed by atoms with Gasteiger partial charge in [-0.1, -0.05) is 105 Å². The van der Waals surface area contributed by atoms with Gasteiger partial charge < -0.3 is 0 Å². The Morgan fingerprint density at radius 2 is 0.964 bits per heavy atom. The van der Waals surface area contributed by atoms with Crippen molar-refractivity contribution in [3.8, 4) is 11.1 Å². The van der Waals surface area contributed by atoms with Crippen LogP contribution >= 0.6 is 23.5 Å². The van der Waals surface area contributed by atoms with Crippen LogP contribution in [0.1, 0.15) is 26.3 Å². The van der Waals surface area contributed by atoms with Crippen LogP contribution in [0.25, 0.3) is 11.1 Å². The molecule has 0 saturated carbocycles. The highest BCUT2D eigenvalue weighted by Crippen LogP contribution is 2.46. The molecule has 0 radical (unpaired) electrons. The molecular weight excluding hydrogens is 376 g/mol. The van der Waals surface area contributed by atoms with Crippen LogP contribution in [-0.4, -0.2) is 0 Å². The van der Waals surface area contributed by atoms with Crippen LogP contribution in [0.3, 0.4) is 0 Å². The predicted octanol–water partition coefficient (Wildman–Crippen LogP) is 8.39. The Balaban J connectivity index is 1.81. The molecule has 140 valence electrons. The highest BCUT2D eigenvalue weighted by Gasteiger charge is 2.19. The van der Waals surface area contributed by atoms with E-state index in [0.717, 1.165) is 0 Å². The monoisotopic (exact) mass is 400 g/mol. The van der Waals surface area contributed by atoms with Crippen molar-refractivity contribution >= 4 is 23.5 Å². The Morgan fingerprint density at radius 3 is 1.36 bits per heavy atom. The molecule has 0 bridgehead atoms. The van der Waals surface area contributed by atoms with Gasteiger partial charge in [0.1, 0.15) is 0 Å². The Bertz CT molecular complexity index is 955. The first-order valence-electron chi connectivity index (χ1n) is 9.54. The second kappa shape index (κ2) is 8.06. The number of rotatable bonds is 4. The molecule has 2 aromatic rings. The molecule has 0 heterocycles. The molecule has 2 aliphatic carbocycles. The molecule has 2 heteroatoms. The predicted molar refractivity (Wildman–Crippen MR) is 123 cm³/mol. The number of hydrogen-bond acceptors (Lipinski definition) is 2. The number of benzene rings is 2. The summed E-state index contributed by atoms with van der Waals surface area (Å²) in [5.41, 5.74) is 4.14. The molecule has 0 N–H and O–H groups in total. The van der Waals surface area contributed by atoms with Crippen molar-refractivity contribution in [2.75, 3.05) is 0 Å². The third-order valence-corrected chi connectivity index (χ3v) is 6.88. The van der Waals surface area contributed by atoms with Crippen molar-refractivity contribution in [3.63, 3.8) is 0 Å². The van der Waals surface area contributed by atoms with Gasteiger partial charge in [-0.25, -0.2) is 0 Å². The molecule has 0 unspecified atom stereocenters. The third-order valence-electron chi connectivity index (χ3n) is 4.75. The Kier molecular flexibility index (Phi) is 5.52. The summed E-state index contributed by atoms with van der Waals surface area (Å²) in [6.07, 6.45) is 0. The zero-order chi connectivity index (χ0) is 19.6. The van der Waals surface area contributed by atoms with Crippen molar-refractivity contribution in [2.45, 2.75) is 45.8 Å². The highest BCUT2D eigenvalue weighted by molar-refractivity contribution is 8.00. The molecule has 4 rings (SSSR count). The van der Waals surface area contributed by atoms with Crippen molar-refractivity contribution in [1.29, 1.82) is 0 Å². The molecule has 0 spiro atoms. The van der Waals surface area contributed by atoms with Crippen molar-refractivity contribution in [3.05, 3.63) is 96.6 Å². The number of fused-ring (bicyclic) bond motifs is 1. The molecule has 0 aliphatic heterocycles. The van der Waals surface area contributed by atoms with Crippen LogP contribution in [0.5, 0.6) is 0 Å². The summed E-state index contributed by atoms with van der Waals surface area (Å²) < 4.78 is 0. The third kappa shape index (κ3) is 4.29. The number of hydrogen-bond donors (Lipinski definition) is 0. The SMILES string of the molecule is CC(C)(C)c1ccc2c(Sc3ccccc3)cc(Sc3ccccc3)c-2cc1. The normalized spacial score (nSPS) is 11.7. The summed E-state index contributed by atoms with van der Waals surface area (Å²) in [6.45, 7) is 6.81. The Labute approximate surface area is 176 Å². The summed E-state index contributed by atoms with van der Waals surface area (Å²) in [5.74, 6) is 0. The molecule has 2 aliphatic rings. The lowest BCUT2D eigenvalue weighted by molar-refractivity contribution is 0.591. The second-order valence-electron chi connectivity index (χ2n) is 7.90. The smallest absolute Gasteiger partial charge is 0.0212 e. The lowest BCUT2D eigenvalue weighted by atomic mass is 9.88. The van der Waals surface area contributed by atoms with Gasteiger partial charge in [-0.3, -0.25) is 0 Å². The zero-order valence-electron chi connectivity index (χ0n) is 16.5. The summed E-state index contributed by atoms with van der Waals surface area (Å²) in [5, 5.41) is 0. The van der Waals surface area contributed by atoms with Crippen LogP contribution in [-0.2, 0) is 5.41 Å². The fraction of sp³-hybridized carbons (Fsp3) is 0.154. The fourth-order valence-electron chi connectivity index (χ4n) is 3.19. The van der Waals surface area contributed by atoms with E-state index in [1.54, 1.807) is 0 Å². The maximum Gasteiger partial charge on any atom is 0.0212 e. The van der Waals surface area contributed by atoms with E-state index >= 15 is 0 Å². The maximum absolute atomic E-state index is 2.34. The first-order chi connectivity index (χ1) is 13.5. The Hall–Kier alpha value is -2.16. The second-order valence-corrected chi connectivity index (χ2v) is 10.1. The van der Waals surface area contributed by atoms with Gasteiger partial charge in [0.25, 0.3) is 0 Å². The molecule has 0 fully saturated rings. The minimum absolute atomic E-state index is 0.135. The van der Waals surface area contributed by atoms with Crippen molar-refractivity contribution in [1.82, 2.24) is 0 Å². The van der Waals surface area contributed by atoms with Gasteiger partial charge in [-0.2, -0.15) is 0 Å². The molecule has 0 nitrogen and oxygen atoms in total. The quantitative estimate of drug-likeness (QED) is 0.337. The van der Waals surface area contributed by atoms with Gasteiger partial charge in [0.15, 0.2) is 0 Å². The largest absolute Gasteiger partial charge is 0.0894 e. The van der Waals surface area contributed by atoms with Gasteiger partial charge in [0.2, 0.25) is 0 Å². The van der Waals surface area contributed by atoms with Gasteiger partial charge in [0, 0.05) is 19.6 Å². The van der Waals surface area contributed by atoms with E-state index in [1.165, 1.54) is 36.3 Å². The molecule has 28 heavy (non-hydrogen) atoms. The van der Waals surface area contributed by atoms with E-state index in [2.05, 4.69) is 112 Å². The van der Waals surface area contributed by atoms with E-state index in [0.29, 0.717) is 0 Å². The van der Waals surface area contributed by atoms with E-state index in [-0.39, 0.29) is 5.41 Å². The van der Waals surface area contributed by atoms with Crippen LogP contribution in [0, 0.1) is 0 Å². The van der Waals surface area contributed by atoms with Crippen LogP contribution < -0.4 is 0 Å². The fourth-order valence-corrected chi connectivity index (χ4v) is 5.28. The first-order valence-corrected chi connectivity index (χ1v) is 11.2. The van der Waals surface area contributed by atoms with E-state index in [1.807, 2.05) is 23.5 Å².